The average Bonchev–Trinajstić information content (AvgIpc) is 3.05. The molecule has 2 aromatic rings. The van der Waals surface area contributed by atoms with Gasteiger partial charge in [-0.3, -0.25) is 14.5 Å². The number of H-pyrrole nitrogens is 1. The zero-order chi connectivity index (χ0) is 16.0. The fraction of sp³-hybridized carbons (Fsp3) is 0.353. The third-order valence-corrected chi connectivity index (χ3v) is 4.57. The number of carbonyl (C=O) groups is 2. The van der Waals surface area contributed by atoms with Crippen LogP contribution in [0.5, 0.6) is 0 Å². The Hall–Kier alpha value is -2.31. The number of aromatic nitrogens is 2. The molecule has 0 amide bonds. The minimum Gasteiger partial charge on any atom is -0.379 e. The van der Waals surface area contributed by atoms with Gasteiger partial charge in [-0.05, 0) is 6.92 Å². The number of hydrogen-bond acceptors (Lipinski definition) is 5. The Morgan fingerprint density at radius 3 is 2.57 bits per heavy atom. The molecule has 4 rings (SSSR count). The van der Waals surface area contributed by atoms with Gasteiger partial charge in [0, 0.05) is 24.2 Å². The molecular formula is C17H17N3O3. The molecule has 1 fully saturated rings. The van der Waals surface area contributed by atoms with Crippen molar-refractivity contribution in [1.29, 1.82) is 0 Å². The molecule has 1 aliphatic carbocycles. The monoisotopic (exact) mass is 311 g/mol. The van der Waals surface area contributed by atoms with Crippen LogP contribution in [0.1, 0.15) is 39.6 Å². The summed E-state index contributed by atoms with van der Waals surface area (Å²) in [6.45, 7) is 5.11. The molecule has 6 nitrogen and oxygen atoms in total. The van der Waals surface area contributed by atoms with Crippen LogP contribution >= 0.6 is 0 Å². The molecule has 1 aliphatic heterocycles. The van der Waals surface area contributed by atoms with Gasteiger partial charge < -0.3 is 9.72 Å². The molecule has 0 spiro atoms. The number of Topliss-reactive ketones (excluding diaryl/α,β-unsaturated/α-hetero) is 2. The standard InChI is InChI=1S/C17H17N3O3/c1-10(20-6-8-23-9-7-20)17-18-13-11-4-2-3-5-12(11)15(21)16(22)14(13)19-17/h2-5,10H,6-9H2,1H3,(H,18,19). The Morgan fingerprint density at radius 1 is 1.13 bits per heavy atom. The maximum absolute atomic E-state index is 12.3. The summed E-state index contributed by atoms with van der Waals surface area (Å²) in [6, 6.07) is 7.20. The molecule has 2 aliphatic rings. The Balaban J connectivity index is 1.76. The van der Waals surface area contributed by atoms with E-state index in [9.17, 15) is 9.59 Å². The van der Waals surface area contributed by atoms with E-state index in [1.807, 2.05) is 19.1 Å². The largest absolute Gasteiger partial charge is 0.379 e. The topological polar surface area (TPSA) is 75.3 Å². The molecular weight excluding hydrogens is 294 g/mol. The number of rotatable bonds is 2. The average molecular weight is 311 g/mol. The quantitative estimate of drug-likeness (QED) is 0.857. The third-order valence-electron chi connectivity index (χ3n) is 4.57. The number of benzene rings is 1. The number of aromatic amines is 1. The molecule has 118 valence electrons. The zero-order valence-electron chi connectivity index (χ0n) is 12.8. The van der Waals surface area contributed by atoms with Crippen LogP contribution in [0.3, 0.4) is 0 Å². The van der Waals surface area contributed by atoms with E-state index in [0.29, 0.717) is 24.5 Å². The number of carbonyl (C=O) groups excluding carboxylic acids is 2. The summed E-state index contributed by atoms with van der Waals surface area (Å²) >= 11 is 0. The highest BCUT2D eigenvalue weighted by Crippen LogP contribution is 2.33. The van der Waals surface area contributed by atoms with Crippen LogP contribution in [0.25, 0.3) is 11.3 Å². The molecule has 1 aromatic carbocycles. The van der Waals surface area contributed by atoms with Gasteiger partial charge in [-0.15, -0.1) is 0 Å². The van der Waals surface area contributed by atoms with E-state index in [2.05, 4.69) is 14.9 Å². The summed E-state index contributed by atoms with van der Waals surface area (Å²) in [5, 5.41) is 0. The maximum atomic E-state index is 12.3. The maximum Gasteiger partial charge on any atom is 0.254 e. The van der Waals surface area contributed by atoms with E-state index in [0.717, 1.165) is 24.5 Å². The number of imidazole rings is 1. The molecule has 0 bridgehead atoms. The van der Waals surface area contributed by atoms with Gasteiger partial charge in [-0.25, -0.2) is 4.98 Å². The second-order valence-electron chi connectivity index (χ2n) is 5.87. The highest BCUT2D eigenvalue weighted by Gasteiger charge is 2.34. The van der Waals surface area contributed by atoms with Crippen LogP contribution < -0.4 is 0 Å². The minimum atomic E-state index is -0.532. The van der Waals surface area contributed by atoms with E-state index in [1.54, 1.807) is 12.1 Å². The molecule has 2 heterocycles. The van der Waals surface area contributed by atoms with E-state index in [-0.39, 0.29) is 11.7 Å². The van der Waals surface area contributed by atoms with E-state index >= 15 is 0 Å². The van der Waals surface area contributed by atoms with Crippen molar-refractivity contribution >= 4 is 11.6 Å². The number of nitrogens with zero attached hydrogens (tertiary/aromatic N) is 2. The number of nitrogens with one attached hydrogen (secondary N) is 1. The Morgan fingerprint density at radius 2 is 1.83 bits per heavy atom. The normalized spacial score (nSPS) is 19.3. The molecule has 1 aromatic heterocycles. The van der Waals surface area contributed by atoms with Crippen LogP contribution in [-0.2, 0) is 4.74 Å². The van der Waals surface area contributed by atoms with Crippen molar-refractivity contribution in [3.8, 4) is 11.3 Å². The summed E-state index contributed by atoms with van der Waals surface area (Å²) < 4.78 is 5.37. The molecule has 1 atom stereocenters. The first-order valence-corrected chi connectivity index (χ1v) is 7.77. The van der Waals surface area contributed by atoms with Crippen molar-refractivity contribution in [2.24, 2.45) is 0 Å². The Kier molecular flexibility index (Phi) is 3.36. The highest BCUT2D eigenvalue weighted by atomic mass is 16.5. The van der Waals surface area contributed by atoms with Crippen molar-refractivity contribution in [1.82, 2.24) is 14.9 Å². The second kappa shape index (κ2) is 5.40. The summed E-state index contributed by atoms with van der Waals surface area (Å²) in [4.78, 5) is 34.5. The van der Waals surface area contributed by atoms with Gasteiger partial charge in [0.2, 0.25) is 5.78 Å². The second-order valence-corrected chi connectivity index (χ2v) is 5.87. The van der Waals surface area contributed by atoms with Gasteiger partial charge in [-0.2, -0.15) is 0 Å². The molecule has 1 saturated heterocycles. The SMILES string of the molecule is CC(c1nc2c([nH]1)-c1ccccc1C(=O)C2=O)N1CCOCC1. The zero-order valence-corrected chi connectivity index (χ0v) is 12.8. The van der Waals surface area contributed by atoms with Gasteiger partial charge >= 0.3 is 0 Å². The lowest BCUT2D eigenvalue weighted by molar-refractivity contribution is 0.0183. The molecule has 0 saturated carbocycles. The number of morpholine rings is 1. The first-order valence-electron chi connectivity index (χ1n) is 7.77. The van der Waals surface area contributed by atoms with Gasteiger partial charge in [0.15, 0.2) is 0 Å². The number of hydrogen-bond donors (Lipinski definition) is 1. The van der Waals surface area contributed by atoms with Gasteiger partial charge in [0.25, 0.3) is 5.78 Å². The third kappa shape index (κ3) is 2.22. The fourth-order valence-electron chi connectivity index (χ4n) is 3.22. The van der Waals surface area contributed by atoms with Crippen molar-refractivity contribution in [2.45, 2.75) is 13.0 Å². The van der Waals surface area contributed by atoms with Crippen LogP contribution in [0.15, 0.2) is 24.3 Å². The predicted molar refractivity (Wildman–Crippen MR) is 83.5 cm³/mol. The molecule has 1 N–H and O–H groups in total. The van der Waals surface area contributed by atoms with Crippen molar-refractivity contribution in [3.05, 3.63) is 41.3 Å². The van der Waals surface area contributed by atoms with Gasteiger partial charge in [0.05, 0.1) is 24.9 Å². The lowest BCUT2D eigenvalue weighted by Crippen LogP contribution is -2.38. The minimum absolute atomic E-state index is 0.0413. The first kappa shape index (κ1) is 14.3. The smallest absolute Gasteiger partial charge is 0.254 e. The fourth-order valence-corrected chi connectivity index (χ4v) is 3.22. The number of ketones is 2. The van der Waals surface area contributed by atoms with Crippen LogP contribution in [0, 0.1) is 0 Å². The van der Waals surface area contributed by atoms with Gasteiger partial charge in [-0.1, -0.05) is 24.3 Å². The molecule has 6 heteroatoms. The lowest BCUT2D eigenvalue weighted by Gasteiger charge is -2.31. The number of fused-ring (bicyclic) bond motifs is 3. The number of ether oxygens (including phenoxy) is 1. The Labute approximate surface area is 133 Å². The first-order chi connectivity index (χ1) is 11.2. The predicted octanol–water partition coefficient (Wildman–Crippen LogP) is 1.85. The molecule has 23 heavy (non-hydrogen) atoms. The summed E-state index contributed by atoms with van der Waals surface area (Å²) in [5.41, 5.74) is 2.09. The Bertz CT molecular complexity index is 790. The summed E-state index contributed by atoms with van der Waals surface area (Å²) in [5.74, 6) is -0.296. The van der Waals surface area contributed by atoms with Crippen LogP contribution in [0.2, 0.25) is 0 Å². The van der Waals surface area contributed by atoms with Crippen molar-refractivity contribution < 1.29 is 14.3 Å². The van der Waals surface area contributed by atoms with Crippen molar-refractivity contribution in [2.75, 3.05) is 26.3 Å². The van der Waals surface area contributed by atoms with E-state index in [1.165, 1.54) is 0 Å². The summed E-state index contributed by atoms with van der Waals surface area (Å²) in [7, 11) is 0. The highest BCUT2D eigenvalue weighted by molar-refractivity contribution is 6.52. The van der Waals surface area contributed by atoms with E-state index in [4.69, 9.17) is 4.74 Å². The van der Waals surface area contributed by atoms with Crippen LogP contribution in [-0.4, -0.2) is 52.7 Å². The van der Waals surface area contributed by atoms with Crippen molar-refractivity contribution in [3.63, 3.8) is 0 Å². The lowest BCUT2D eigenvalue weighted by atomic mass is 9.90. The van der Waals surface area contributed by atoms with Gasteiger partial charge in [0.1, 0.15) is 11.5 Å². The van der Waals surface area contributed by atoms with Crippen LogP contribution in [0.4, 0.5) is 0 Å². The summed E-state index contributed by atoms with van der Waals surface area (Å²) in [6.07, 6.45) is 0. The van der Waals surface area contributed by atoms with E-state index < -0.39 is 11.6 Å². The molecule has 1 unspecified atom stereocenters. The molecule has 0 radical (unpaired) electrons.